The quantitative estimate of drug-likeness (QED) is 0.692. The molecule has 1 aromatic rings. The molecule has 4 nitrogen and oxygen atoms in total. The third kappa shape index (κ3) is 1.59. The zero-order chi connectivity index (χ0) is 8.43. The normalized spacial score (nSPS) is 9.73. The Morgan fingerprint density at radius 3 is 2.91 bits per heavy atom. The molecule has 1 rings (SSSR count). The fourth-order valence-electron chi connectivity index (χ4n) is 0.643. The van der Waals surface area contributed by atoms with Crippen LogP contribution in [0.1, 0.15) is 0 Å². The maximum atomic E-state index is 10.9. The van der Waals surface area contributed by atoms with Crippen molar-refractivity contribution in [2.24, 2.45) is 7.05 Å². The molecule has 0 N–H and O–H groups in total. The Morgan fingerprint density at radius 2 is 2.36 bits per heavy atom. The number of methoxy groups -OCH3 is 1. The minimum absolute atomic E-state index is 0.313. The van der Waals surface area contributed by atoms with Gasteiger partial charge in [0.25, 0.3) is 0 Å². The van der Waals surface area contributed by atoms with Crippen molar-refractivity contribution in [2.45, 2.75) is 0 Å². The van der Waals surface area contributed by atoms with Crippen molar-refractivity contribution in [2.75, 3.05) is 7.11 Å². The third-order valence-corrected chi connectivity index (χ3v) is 1.75. The van der Waals surface area contributed by atoms with Gasteiger partial charge in [-0.25, -0.2) is 4.79 Å². The van der Waals surface area contributed by atoms with E-state index < -0.39 is 0 Å². The molecule has 0 spiro atoms. The van der Waals surface area contributed by atoms with Gasteiger partial charge in [-0.1, -0.05) is 0 Å². The average Bonchev–Trinajstić information content (AvgIpc) is 1.97. The Bertz CT molecular complexity index is 321. The SMILES string of the molecule is COc1nc(=O)n(C)cc1Br. The van der Waals surface area contributed by atoms with Gasteiger partial charge in [0.15, 0.2) is 0 Å². The molecule has 1 aromatic heterocycles. The predicted octanol–water partition coefficient (Wildman–Crippen LogP) is 0.551. The summed E-state index contributed by atoms with van der Waals surface area (Å²) >= 11 is 3.19. The minimum atomic E-state index is -0.329. The highest BCUT2D eigenvalue weighted by molar-refractivity contribution is 9.10. The summed E-state index contributed by atoms with van der Waals surface area (Å²) in [7, 11) is 3.09. The summed E-state index contributed by atoms with van der Waals surface area (Å²) in [5.74, 6) is 0.313. The van der Waals surface area contributed by atoms with Crippen molar-refractivity contribution in [1.29, 1.82) is 0 Å². The molecule has 11 heavy (non-hydrogen) atoms. The first kappa shape index (κ1) is 8.26. The molecule has 0 fully saturated rings. The molecule has 0 radical (unpaired) electrons. The Kier molecular flexibility index (Phi) is 2.28. The van der Waals surface area contributed by atoms with Crippen LogP contribution in [0.3, 0.4) is 0 Å². The van der Waals surface area contributed by atoms with E-state index in [-0.39, 0.29) is 5.69 Å². The first-order chi connectivity index (χ1) is 5.15. The van der Waals surface area contributed by atoms with Crippen LogP contribution >= 0.6 is 15.9 Å². The molecule has 0 aliphatic carbocycles. The van der Waals surface area contributed by atoms with E-state index in [1.54, 1.807) is 13.2 Å². The van der Waals surface area contributed by atoms with Crippen molar-refractivity contribution in [3.8, 4) is 5.88 Å². The first-order valence-corrected chi connectivity index (χ1v) is 3.71. The van der Waals surface area contributed by atoms with Gasteiger partial charge in [0, 0.05) is 13.2 Å². The van der Waals surface area contributed by atoms with Crippen LogP contribution in [0.25, 0.3) is 0 Å². The summed E-state index contributed by atoms with van der Waals surface area (Å²) in [4.78, 5) is 14.5. The minimum Gasteiger partial charge on any atom is -0.480 e. The molecular formula is C6H7BrN2O2. The standard InChI is InChI=1S/C6H7BrN2O2/c1-9-3-4(7)5(11-2)8-6(9)10/h3H,1-2H3. The lowest BCUT2D eigenvalue weighted by Crippen LogP contribution is -2.19. The molecule has 0 aromatic carbocycles. The highest BCUT2D eigenvalue weighted by atomic mass is 79.9. The van der Waals surface area contributed by atoms with Crippen LogP contribution in [0.5, 0.6) is 5.88 Å². The molecule has 60 valence electrons. The second-order valence-corrected chi connectivity index (χ2v) is 2.85. The van der Waals surface area contributed by atoms with Crippen molar-refractivity contribution in [3.63, 3.8) is 0 Å². The van der Waals surface area contributed by atoms with E-state index in [4.69, 9.17) is 4.74 Å². The van der Waals surface area contributed by atoms with Crippen LogP contribution in [-0.2, 0) is 7.05 Å². The smallest absolute Gasteiger partial charge is 0.350 e. The van der Waals surface area contributed by atoms with Crippen molar-refractivity contribution < 1.29 is 4.74 Å². The van der Waals surface area contributed by atoms with E-state index >= 15 is 0 Å². The topological polar surface area (TPSA) is 44.1 Å². The Morgan fingerprint density at radius 1 is 1.73 bits per heavy atom. The summed E-state index contributed by atoms with van der Waals surface area (Å²) < 4.78 is 6.85. The van der Waals surface area contributed by atoms with Gasteiger partial charge >= 0.3 is 5.69 Å². The molecule has 1 heterocycles. The van der Waals surface area contributed by atoms with Crippen LogP contribution in [0, 0.1) is 0 Å². The highest BCUT2D eigenvalue weighted by Crippen LogP contribution is 2.17. The van der Waals surface area contributed by atoms with E-state index in [0.29, 0.717) is 10.4 Å². The molecule has 0 aliphatic rings. The maximum Gasteiger partial charge on any atom is 0.350 e. The molecule has 0 atom stereocenters. The van der Waals surface area contributed by atoms with E-state index in [1.165, 1.54) is 11.7 Å². The maximum absolute atomic E-state index is 10.9. The summed E-state index contributed by atoms with van der Waals surface area (Å²) in [6, 6.07) is 0. The number of aryl methyl sites for hydroxylation is 1. The number of rotatable bonds is 1. The molecule has 0 saturated heterocycles. The number of nitrogens with zero attached hydrogens (tertiary/aromatic N) is 2. The van der Waals surface area contributed by atoms with Gasteiger partial charge in [0.2, 0.25) is 5.88 Å². The third-order valence-electron chi connectivity index (χ3n) is 1.20. The van der Waals surface area contributed by atoms with Crippen LogP contribution in [-0.4, -0.2) is 16.7 Å². The van der Waals surface area contributed by atoms with E-state index in [2.05, 4.69) is 20.9 Å². The van der Waals surface area contributed by atoms with Gasteiger partial charge in [-0.15, -0.1) is 0 Å². The van der Waals surface area contributed by atoms with E-state index in [0.717, 1.165) is 0 Å². The lowest BCUT2D eigenvalue weighted by Gasteiger charge is -2.01. The van der Waals surface area contributed by atoms with Gasteiger partial charge in [0.05, 0.1) is 11.6 Å². The largest absolute Gasteiger partial charge is 0.480 e. The summed E-state index contributed by atoms with van der Waals surface area (Å²) in [6.07, 6.45) is 1.61. The van der Waals surface area contributed by atoms with Crippen LogP contribution in [0.15, 0.2) is 15.5 Å². The first-order valence-electron chi connectivity index (χ1n) is 2.92. The summed E-state index contributed by atoms with van der Waals surface area (Å²) in [5, 5.41) is 0. The number of halogens is 1. The average molecular weight is 219 g/mol. The Labute approximate surface area is 72.0 Å². The van der Waals surface area contributed by atoms with Crippen molar-refractivity contribution in [3.05, 3.63) is 21.2 Å². The van der Waals surface area contributed by atoms with Crippen molar-refractivity contribution >= 4 is 15.9 Å². The van der Waals surface area contributed by atoms with Crippen LogP contribution in [0.4, 0.5) is 0 Å². The monoisotopic (exact) mass is 218 g/mol. The molecule has 0 amide bonds. The molecule has 0 bridgehead atoms. The number of aromatic nitrogens is 2. The van der Waals surface area contributed by atoms with Crippen LogP contribution < -0.4 is 10.4 Å². The zero-order valence-electron chi connectivity index (χ0n) is 6.17. The number of hydrogen-bond acceptors (Lipinski definition) is 3. The number of hydrogen-bond donors (Lipinski definition) is 0. The second kappa shape index (κ2) is 3.04. The molecule has 5 heteroatoms. The second-order valence-electron chi connectivity index (χ2n) is 1.99. The highest BCUT2D eigenvalue weighted by Gasteiger charge is 2.02. The van der Waals surface area contributed by atoms with Crippen molar-refractivity contribution in [1.82, 2.24) is 9.55 Å². The zero-order valence-corrected chi connectivity index (χ0v) is 7.75. The molecule has 0 unspecified atom stereocenters. The Hall–Kier alpha value is -0.840. The van der Waals surface area contributed by atoms with Crippen LogP contribution in [0.2, 0.25) is 0 Å². The molecular weight excluding hydrogens is 212 g/mol. The fraction of sp³-hybridized carbons (Fsp3) is 0.333. The van der Waals surface area contributed by atoms with Gasteiger partial charge in [-0.05, 0) is 15.9 Å². The molecule has 0 saturated carbocycles. The summed E-state index contributed by atoms with van der Waals surface area (Å²) in [6.45, 7) is 0. The lowest BCUT2D eigenvalue weighted by atomic mass is 10.6. The van der Waals surface area contributed by atoms with Gasteiger partial charge < -0.3 is 9.30 Å². The Balaban J connectivity index is 3.32. The lowest BCUT2D eigenvalue weighted by molar-refractivity contribution is 0.390. The van der Waals surface area contributed by atoms with Gasteiger partial charge in [-0.3, -0.25) is 0 Å². The predicted molar refractivity (Wildman–Crippen MR) is 43.7 cm³/mol. The summed E-state index contributed by atoms with van der Waals surface area (Å²) in [5.41, 5.74) is -0.329. The fourth-order valence-corrected chi connectivity index (χ4v) is 1.20. The number of ether oxygens (including phenoxy) is 1. The van der Waals surface area contributed by atoms with Gasteiger partial charge in [-0.2, -0.15) is 4.98 Å². The van der Waals surface area contributed by atoms with E-state index in [9.17, 15) is 4.79 Å². The van der Waals surface area contributed by atoms with Gasteiger partial charge in [0.1, 0.15) is 0 Å². The molecule has 0 aliphatic heterocycles. The van der Waals surface area contributed by atoms with E-state index in [1.807, 2.05) is 0 Å².